The highest BCUT2D eigenvalue weighted by atomic mass is 32.2. The maximum absolute atomic E-state index is 12.8. The van der Waals surface area contributed by atoms with Gasteiger partial charge in [0.15, 0.2) is 0 Å². The molecule has 122 valence electrons. The van der Waals surface area contributed by atoms with E-state index >= 15 is 0 Å². The summed E-state index contributed by atoms with van der Waals surface area (Å²) in [6.07, 6.45) is 1.83. The number of nitrogens with one attached hydrogen (secondary N) is 1. The summed E-state index contributed by atoms with van der Waals surface area (Å²) in [4.78, 5) is 11.7. The molecule has 0 saturated carbocycles. The highest BCUT2D eigenvalue weighted by molar-refractivity contribution is 7.89. The van der Waals surface area contributed by atoms with Crippen molar-refractivity contribution in [1.29, 1.82) is 0 Å². The van der Waals surface area contributed by atoms with Gasteiger partial charge in [0.25, 0.3) is 5.91 Å². The van der Waals surface area contributed by atoms with Crippen molar-refractivity contribution in [2.45, 2.75) is 30.7 Å². The summed E-state index contributed by atoms with van der Waals surface area (Å²) in [5.74, 6) is 0.00837. The maximum Gasteiger partial charge on any atom is 0.251 e. The molecule has 1 aliphatic rings. The number of carbonyl (C=O) groups is 1. The van der Waals surface area contributed by atoms with Crippen LogP contribution in [-0.4, -0.2) is 44.8 Å². The zero-order valence-corrected chi connectivity index (χ0v) is 13.8. The highest BCUT2D eigenvalue weighted by Crippen LogP contribution is 2.28. The first-order chi connectivity index (χ1) is 10.4. The van der Waals surface area contributed by atoms with Crippen molar-refractivity contribution >= 4 is 15.9 Å². The Hall–Kier alpha value is -1.44. The predicted molar refractivity (Wildman–Crippen MR) is 85.0 cm³/mol. The molecular formula is C15H23N3O3S. The molecule has 2 atom stereocenters. The second-order valence-corrected chi connectivity index (χ2v) is 7.53. The molecule has 1 aromatic rings. The van der Waals surface area contributed by atoms with Gasteiger partial charge in [0.1, 0.15) is 0 Å². The molecule has 0 aliphatic carbocycles. The van der Waals surface area contributed by atoms with E-state index in [4.69, 9.17) is 5.73 Å². The Morgan fingerprint density at radius 2 is 2.00 bits per heavy atom. The molecule has 0 radical (unpaired) electrons. The minimum Gasteiger partial charge on any atom is -0.355 e. The fourth-order valence-corrected chi connectivity index (χ4v) is 4.69. The fourth-order valence-electron chi connectivity index (χ4n) is 2.92. The highest BCUT2D eigenvalue weighted by Gasteiger charge is 2.36. The number of sulfonamides is 1. The quantitative estimate of drug-likeness (QED) is 0.856. The lowest BCUT2D eigenvalue weighted by atomic mass is 9.93. The molecule has 2 rings (SSSR count). The van der Waals surface area contributed by atoms with E-state index in [1.54, 1.807) is 0 Å². The number of benzene rings is 1. The van der Waals surface area contributed by atoms with E-state index in [-0.39, 0.29) is 22.8 Å². The standard InChI is InChI=1S/C15H23N3O3S/c1-11-4-3-9-18(14(11)10-16)22(20,21)13-7-5-12(6-8-13)15(19)17-2/h5-8,11,14H,3-4,9-10,16H2,1-2H3,(H,17,19)/t11-,14-/m1/s1. The maximum atomic E-state index is 12.8. The van der Waals surface area contributed by atoms with Crippen molar-refractivity contribution in [3.63, 3.8) is 0 Å². The zero-order chi connectivity index (χ0) is 16.3. The number of nitrogens with zero attached hydrogens (tertiary/aromatic N) is 1. The van der Waals surface area contributed by atoms with Crippen LogP contribution in [0.2, 0.25) is 0 Å². The summed E-state index contributed by atoms with van der Waals surface area (Å²) in [5, 5.41) is 2.51. The number of piperidine rings is 1. The van der Waals surface area contributed by atoms with Gasteiger partial charge in [-0.2, -0.15) is 4.31 Å². The summed E-state index contributed by atoms with van der Waals surface area (Å²) in [6, 6.07) is 5.84. The van der Waals surface area contributed by atoms with E-state index in [0.29, 0.717) is 18.7 Å². The van der Waals surface area contributed by atoms with Gasteiger partial charge in [0.05, 0.1) is 4.90 Å². The molecule has 22 heavy (non-hydrogen) atoms. The largest absolute Gasteiger partial charge is 0.355 e. The van der Waals surface area contributed by atoms with Crippen LogP contribution in [0.1, 0.15) is 30.1 Å². The molecule has 0 unspecified atom stereocenters. The molecule has 6 nitrogen and oxygen atoms in total. The van der Waals surface area contributed by atoms with Crippen LogP contribution < -0.4 is 11.1 Å². The van der Waals surface area contributed by atoms with Crippen LogP contribution in [0.15, 0.2) is 29.2 Å². The molecule has 0 bridgehead atoms. The minimum atomic E-state index is -3.58. The van der Waals surface area contributed by atoms with E-state index in [1.807, 2.05) is 6.92 Å². The summed E-state index contributed by atoms with van der Waals surface area (Å²) in [5.41, 5.74) is 6.22. The average Bonchev–Trinajstić information content (AvgIpc) is 2.54. The summed E-state index contributed by atoms with van der Waals surface area (Å²) >= 11 is 0. The van der Waals surface area contributed by atoms with Gasteiger partial charge in [-0.3, -0.25) is 4.79 Å². The Morgan fingerprint density at radius 1 is 1.36 bits per heavy atom. The Bertz CT molecular complexity index is 628. The lowest BCUT2D eigenvalue weighted by molar-refractivity contribution is 0.0963. The van der Waals surface area contributed by atoms with E-state index < -0.39 is 10.0 Å². The van der Waals surface area contributed by atoms with Crippen molar-refractivity contribution < 1.29 is 13.2 Å². The molecule has 7 heteroatoms. The molecule has 1 saturated heterocycles. The number of nitrogens with two attached hydrogens (primary N) is 1. The second kappa shape index (κ2) is 6.76. The van der Waals surface area contributed by atoms with Gasteiger partial charge in [-0.05, 0) is 43.0 Å². The number of rotatable bonds is 4. The van der Waals surface area contributed by atoms with Gasteiger partial charge in [0.2, 0.25) is 10.0 Å². The summed E-state index contributed by atoms with van der Waals surface area (Å²) in [6.45, 7) is 2.84. The van der Waals surface area contributed by atoms with Gasteiger partial charge >= 0.3 is 0 Å². The van der Waals surface area contributed by atoms with Gasteiger partial charge in [-0.25, -0.2) is 8.42 Å². The lowest BCUT2D eigenvalue weighted by Crippen LogP contribution is -2.51. The molecule has 1 aromatic carbocycles. The van der Waals surface area contributed by atoms with Crippen molar-refractivity contribution in [3.8, 4) is 0 Å². The van der Waals surface area contributed by atoms with Gasteiger partial charge < -0.3 is 11.1 Å². The lowest BCUT2D eigenvalue weighted by Gasteiger charge is -2.38. The first-order valence-electron chi connectivity index (χ1n) is 7.46. The molecule has 1 heterocycles. The van der Waals surface area contributed by atoms with Crippen LogP contribution in [0, 0.1) is 5.92 Å². The van der Waals surface area contributed by atoms with Crippen LogP contribution in [0.4, 0.5) is 0 Å². The molecule has 3 N–H and O–H groups in total. The molecule has 1 amide bonds. The van der Waals surface area contributed by atoms with Crippen molar-refractivity contribution in [2.75, 3.05) is 20.1 Å². The van der Waals surface area contributed by atoms with E-state index in [1.165, 1.54) is 35.6 Å². The van der Waals surface area contributed by atoms with E-state index in [9.17, 15) is 13.2 Å². The van der Waals surface area contributed by atoms with E-state index in [2.05, 4.69) is 5.32 Å². The first kappa shape index (κ1) is 16.9. The smallest absolute Gasteiger partial charge is 0.251 e. The van der Waals surface area contributed by atoms with Gasteiger partial charge in [0, 0.05) is 31.7 Å². The Morgan fingerprint density at radius 3 is 2.55 bits per heavy atom. The fraction of sp³-hybridized carbons (Fsp3) is 0.533. The van der Waals surface area contributed by atoms with Gasteiger partial charge in [-0.1, -0.05) is 6.92 Å². The summed E-state index contributed by atoms with van der Waals surface area (Å²) in [7, 11) is -2.05. The number of carbonyl (C=O) groups excluding carboxylic acids is 1. The van der Waals surface area contributed by atoms with Crippen LogP contribution in [-0.2, 0) is 10.0 Å². The topological polar surface area (TPSA) is 92.5 Å². The number of hydrogen-bond acceptors (Lipinski definition) is 4. The second-order valence-electron chi connectivity index (χ2n) is 5.64. The normalized spacial score (nSPS) is 23.2. The zero-order valence-electron chi connectivity index (χ0n) is 13.0. The minimum absolute atomic E-state index is 0.169. The third-order valence-corrected chi connectivity index (χ3v) is 6.20. The van der Waals surface area contributed by atoms with Crippen molar-refractivity contribution in [3.05, 3.63) is 29.8 Å². The summed E-state index contributed by atoms with van der Waals surface area (Å²) < 4.78 is 27.2. The third-order valence-electron chi connectivity index (χ3n) is 4.26. The monoisotopic (exact) mass is 325 g/mol. The number of hydrogen-bond donors (Lipinski definition) is 2. The Kier molecular flexibility index (Phi) is 5.20. The van der Waals surface area contributed by atoms with Crippen molar-refractivity contribution in [2.24, 2.45) is 11.7 Å². The molecule has 0 spiro atoms. The van der Waals surface area contributed by atoms with Crippen LogP contribution in [0.3, 0.4) is 0 Å². The third kappa shape index (κ3) is 3.16. The molecule has 1 aliphatic heterocycles. The Balaban J connectivity index is 2.31. The van der Waals surface area contributed by atoms with Gasteiger partial charge in [-0.15, -0.1) is 0 Å². The van der Waals surface area contributed by atoms with Crippen LogP contribution in [0.25, 0.3) is 0 Å². The molecule has 0 aromatic heterocycles. The van der Waals surface area contributed by atoms with Crippen LogP contribution in [0.5, 0.6) is 0 Å². The van der Waals surface area contributed by atoms with Crippen LogP contribution >= 0.6 is 0 Å². The number of amides is 1. The predicted octanol–water partition coefficient (Wildman–Crippen LogP) is 0.794. The Labute approximate surface area is 131 Å². The first-order valence-corrected chi connectivity index (χ1v) is 8.90. The molecule has 1 fully saturated rings. The molecular weight excluding hydrogens is 302 g/mol. The average molecular weight is 325 g/mol. The van der Waals surface area contributed by atoms with E-state index in [0.717, 1.165) is 12.8 Å². The van der Waals surface area contributed by atoms with Crippen molar-refractivity contribution in [1.82, 2.24) is 9.62 Å². The SMILES string of the molecule is CNC(=O)c1ccc(S(=O)(=O)N2CCC[C@@H](C)[C@H]2CN)cc1.